The van der Waals surface area contributed by atoms with Gasteiger partial charge >= 0.3 is 6.11 Å². The van der Waals surface area contributed by atoms with E-state index in [-0.39, 0.29) is 17.1 Å². The SMILES string of the molecule is CCCCCc1ccc(C(F)(F)Oc2ccc3cc(OC)c(F)cc3c2)cc1. The van der Waals surface area contributed by atoms with Crippen LogP contribution in [-0.2, 0) is 12.5 Å². The van der Waals surface area contributed by atoms with E-state index in [4.69, 9.17) is 9.47 Å². The number of halogens is 3. The maximum Gasteiger partial charge on any atom is 0.426 e. The fourth-order valence-corrected chi connectivity index (χ4v) is 3.10. The molecule has 0 aliphatic rings. The van der Waals surface area contributed by atoms with Crippen LogP contribution >= 0.6 is 0 Å². The summed E-state index contributed by atoms with van der Waals surface area (Å²) in [5.74, 6) is -0.489. The van der Waals surface area contributed by atoms with Gasteiger partial charge in [0.2, 0.25) is 0 Å². The Labute approximate surface area is 162 Å². The molecule has 0 atom stereocenters. The number of hydrogen-bond donors (Lipinski definition) is 0. The predicted octanol–water partition coefficient (Wildman–Crippen LogP) is 6.85. The van der Waals surface area contributed by atoms with Crippen LogP contribution in [0.4, 0.5) is 13.2 Å². The molecule has 0 N–H and O–H groups in total. The summed E-state index contributed by atoms with van der Waals surface area (Å²) in [5.41, 5.74) is 0.816. The van der Waals surface area contributed by atoms with Crippen LogP contribution < -0.4 is 9.47 Å². The Bertz CT molecular complexity index is 936. The molecular formula is C23H23F3O2. The predicted molar refractivity (Wildman–Crippen MR) is 105 cm³/mol. The summed E-state index contributed by atoms with van der Waals surface area (Å²) in [6.45, 7) is 2.12. The van der Waals surface area contributed by atoms with Gasteiger partial charge < -0.3 is 9.47 Å². The third-order valence-electron chi connectivity index (χ3n) is 4.69. The van der Waals surface area contributed by atoms with Gasteiger partial charge in [0.05, 0.1) is 12.7 Å². The Balaban J connectivity index is 1.77. The van der Waals surface area contributed by atoms with Crippen LogP contribution in [0.2, 0.25) is 0 Å². The molecule has 0 saturated carbocycles. The number of benzene rings is 3. The Morgan fingerprint density at radius 3 is 2.32 bits per heavy atom. The smallest absolute Gasteiger partial charge is 0.426 e. The third-order valence-corrected chi connectivity index (χ3v) is 4.69. The van der Waals surface area contributed by atoms with Gasteiger partial charge in [0.1, 0.15) is 5.75 Å². The van der Waals surface area contributed by atoms with Gasteiger partial charge in [0.15, 0.2) is 11.6 Å². The summed E-state index contributed by atoms with van der Waals surface area (Å²) in [6.07, 6.45) is 0.671. The number of hydrogen-bond acceptors (Lipinski definition) is 2. The van der Waals surface area contributed by atoms with Crippen molar-refractivity contribution in [1.29, 1.82) is 0 Å². The van der Waals surface area contributed by atoms with Crippen molar-refractivity contribution in [3.8, 4) is 11.5 Å². The number of aryl methyl sites for hydroxylation is 1. The zero-order chi connectivity index (χ0) is 20.1. The topological polar surface area (TPSA) is 18.5 Å². The second-order valence-electron chi connectivity index (χ2n) is 6.77. The number of fused-ring (bicyclic) bond motifs is 1. The minimum Gasteiger partial charge on any atom is -0.494 e. The zero-order valence-corrected chi connectivity index (χ0v) is 16.0. The zero-order valence-electron chi connectivity index (χ0n) is 16.0. The largest absolute Gasteiger partial charge is 0.494 e. The number of alkyl halides is 2. The summed E-state index contributed by atoms with van der Waals surface area (Å²) >= 11 is 0. The van der Waals surface area contributed by atoms with E-state index in [1.165, 1.54) is 43.5 Å². The lowest BCUT2D eigenvalue weighted by Gasteiger charge is -2.19. The summed E-state index contributed by atoms with van der Waals surface area (Å²) in [6, 6.07) is 13.4. The molecule has 148 valence electrons. The monoisotopic (exact) mass is 388 g/mol. The van der Waals surface area contributed by atoms with Crippen LogP contribution in [0.15, 0.2) is 54.6 Å². The molecule has 2 nitrogen and oxygen atoms in total. The van der Waals surface area contributed by atoms with Crippen molar-refractivity contribution in [3.05, 3.63) is 71.5 Å². The molecule has 0 spiro atoms. The molecule has 3 aromatic rings. The van der Waals surface area contributed by atoms with Crippen molar-refractivity contribution < 1.29 is 22.6 Å². The van der Waals surface area contributed by atoms with Crippen molar-refractivity contribution in [3.63, 3.8) is 0 Å². The molecule has 0 aliphatic carbocycles. The average molecular weight is 388 g/mol. The van der Waals surface area contributed by atoms with E-state index in [1.807, 2.05) is 0 Å². The molecule has 0 bridgehead atoms. The first-order valence-corrected chi connectivity index (χ1v) is 9.36. The van der Waals surface area contributed by atoms with Gasteiger partial charge in [-0.05, 0) is 65.6 Å². The fourth-order valence-electron chi connectivity index (χ4n) is 3.10. The summed E-state index contributed by atoms with van der Waals surface area (Å²) in [7, 11) is 1.37. The van der Waals surface area contributed by atoms with Gasteiger partial charge in [-0.2, -0.15) is 8.78 Å². The quantitative estimate of drug-likeness (QED) is 0.393. The number of methoxy groups -OCH3 is 1. The molecule has 0 unspecified atom stereocenters. The minimum absolute atomic E-state index is 0.0333. The van der Waals surface area contributed by atoms with E-state index in [9.17, 15) is 13.2 Å². The van der Waals surface area contributed by atoms with Crippen LogP contribution in [0.1, 0.15) is 37.3 Å². The number of ether oxygens (including phenoxy) is 2. The van der Waals surface area contributed by atoms with Gasteiger partial charge in [-0.1, -0.05) is 38.0 Å². The van der Waals surface area contributed by atoms with Gasteiger partial charge in [-0.3, -0.25) is 0 Å². The summed E-state index contributed by atoms with van der Waals surface area (Å²) < 4.78 is 52.9. The summed E-state index contributed by atoms with van der Waals surface area (Å²) in [4.78, 5) is 0. The second-order valence-corrected chi connectivity index (χ2v) is 6.77. The van der Waals surface area contributed by atoms with Crippen LogP contribution in [0.3, 0.4) is 0 Å². The van der Waals surface area contributed by atoms with Crippen LogP contribution in [0.5, 0.6) is 11.5 Å². The average Bonchev–Trinajstić information content (AvgIpc) is 2.68. The van der Waals surface area contributed by atoms with Crippen LogP contribution in [-0.4, -0.2) is 7.11 Å². The maximum atomic E-state index is 14.6. The number of rotatable bonds is 8. The molecule has 0 heterocycles. The molecule has 5 heteroatoms. The van der Waals surface area contributed by atoms with E-state index in [1.54, 1.807) is 18.2 Å². The van der Waals surface area contributed by atoms with Crippen molar-refractivity contribution in [2.45, 2.75) is 38.7 Å². The first kappa shape index (κ1) is 20.1. The molecule has 0 radical (unpaired) electrons. The Morgan fingerprint density at radius 2 is 1.64 bits per heavy atom. The van der Waals surface area contributed by atoms with Gasteiger partial charge in [-0.15, -0.1) is 0 Å². The van der Waals surface area contributed by atoms with Gasteiger partial charge in [-0.25, -0.2) is 4.39 Å². The highest BCUT2D eigenvalue weighted by atomic mass is 19.3. The molecule has 0 fully saturated rings. The Morgan fingerprint density at radius 1 is 0.893 bits per heavy atom. The van der Waals surface area contributed by atoms with Crippen molar-refractivity contribution in [1.82, 2.24) is 0 Å². The maximum absolute atomic E-state index is 14.6. The molecule has 0 aliphatic heterocycles. The highest BCUT2D eigenvalue weighted by Crippen LogP contribution is 2.34. The molecule has 3 rings (SSSR count). The molecule has 0 amide bonds. The fraction of sp³-hybridized carbons (Fsp3) is 0.304. The van der Waals surface area contributed by atoms with E-state index in [0.717, 1.165) is 31.2 Å². The van der Waals surface area contributed by atoms with Crippen LogP contribution in [0, 0.1) is 5.82 Å². The molecular weight excluding hydrogens is 365 g/mol. The molecule has 0 saturated heterocycles. The van der Waals surface area contributed by atoms with Crippen molar-refractivity contribution >= 4 is 10.8 Å². The molecule has 0 aromatic heterocycles. The molecule has 3 aromatic carbocycles. The normalized spacial score (nSPS) is 11.6. The highest BCUT2D eigenvalue weighted by molar-refractivity contribution is 5.85. The Hall–Kier alpha value is -2.69. The first-order chi connectivity index (χ1) is 13.4. The highest BCUT2D eigenvalue weighted by Gasteiger charge is 2.34. The van der Waals surface area contributed by atoms with E-state index < -0.39 is 11.9 Å². The first-order valence-electron chi connectivity index (χ1n) is 9.36. The third kappa shape index (κ3) is 4.58. The van der Waals surface area contributed by atoms with Crippen LogP contribution in [0.25, 0.3) is 10.8 Å². The lowest BCUT2D eigenvalue weighted by Crippen LogP contribution is -2.21. The second kappa shape index (κ2) is 8.55. The lowest BCUT2D eigenvalue weighted by atomic mass is 10.0. The summed E-state index contributed by atoms with van der Waals surface area (Å²) in [5, 5.41) is 1.13. The molecule has 28 heavy (non-hydrogen) atoms. The standard InChI is InChI=1S/C23H23F3O2/c1-3-4-5-6-16-7-10-19(11-8-16)23(25,26)28-20-12-9-17-15-22(27-2)21(24)14-18(17)13-20/h7-15H,3-6H2,1-2H3. The van der Waals surface area contributed by atoms with E-state index >= 15 is 0 Å². The Kier molecular flexibility index (Phi) is 6.12. The van der Waals surface area contributed by atoms with Crippen molar-refractivity contribution in [2.24, 2.45) is 0 Å². The van der Waals surface area contributed by atoms with Gasteiger partial charge in [0.25, 0.3) is 0 Å². The lowest BCUT2D eigenvalue weighted by molar-refractivity contribution is -0.185. The number of unbranched alkanes of at least 4 members (excludes halogenated alkanes) is 2. The van der Waals surface area contributed by atoms with Gasteiger partial charge in [0, 0.05) is 0 Å². The van der Waals surface area contributed by atoms with E-state index in [0.29, 0.717) is 10.8 Å². The van der Waals surface area contributed by atoms with E-state index in [2.05, 4.69) is 6.92 Å². The van der Waals surface area contributed by atoms with Crippen molar-refractivity contribution in [2.75, 3.05) is 7.11 Å². The minimum atomic E-state index is -3.49.